The van der Waals surface area contributed by atoms with Crippen LogP contribution in [-0.4, -0.2) is 19.4 Å². The van der Waals surface area contributed by atoms with Crippen molar-refractivity contribution in [1.82, 2.24) is 0 Å². The number of carbonyl (C=O) groups is 1. The molecule has 0 aromatic rings. The van der Waals surface area contributed by atoms with E-state index in [1.54, 1.807) is 6.92 Å². The highest BCUT2D eigenvalue weighted by molar-refractivity contribution is 5.60. The van der Waals surface area contributed by atoms with Crippen molar-refractivity contribution < 1.29 is 14.3 Å². The average Bonchev–Trinajstić information content (AvgIpc) is 2.27. The van der Waals surface area contributed by atoms with Crippen LogP contribution < -0.4 is 0 Å². The van der Waals surface area contributed by atoms with Crippen molar-refractivity contribution in [3.05, 3.63) is 11.6 Å². The maximum Gasteiger partial charge on any atom is 0.508 e. The van der Waals surface area contributed by atoms with Crippen molar-refractivity contribution in [2.24, 2.45) is 17.3 Å². The molecule has 0 amide bonds. The van der Waals surface area contributed by atoms with E-state index >= 15 is 0 Å². The molecule has 2 bridgehead atoms. The van der Waals surface area contributed by atoms with E-state index < -0.39 is 6.16 Å². The van der Waals surface area contributed by atoms with E-state index in [1.807, 2.05) is 0 Å². The first-order valence-corrected chi connectivity index (χ1v) is 6.04. The van der Waals surface area contributed by atoms with Crippen molar-refractivity contribution in [3.63, 3.8) is 0 Å². The molecule has 16 heavy (non-hydrogen) atoms. The normalized spacial score (nSPS) is 30.1. The topological polar surface area (TPSA) is 35.5 Å². The summed E-state index contributed by atoms with van der Waals surface area (Å²) < 4.78 is 9.83. The summed E-state index contributed by atoms with van der Waals surface area (Å²) in [5.41, 5.74) is 1.67. The number of fused-ring (bicyclic) bond motifs is 1. The molecular formula is C13H20O3. The van der Waals surface area contributed by atoms with E-state index in [2.05, 4.69) is 19.9 Å². The van der Waals surface area contributed by atoms with Gasteiger partial charge in [-0.2, -0.15) is 0 Å². The molecule has 0 N–H and O–H groups in total. The predicted octanol–water partition coefficient (Wildman–Crippen LogP) is 3.15. The summed E-state index contributed by atoms with van der Waals surface area (Å²) in [5.74, 6) is 1.42. The molecule has 1 fully saturated rings. The Hall–Kier alpha value is -0.990. The molecule has 0 radical (unpaired) electrons. The summed E-state index contributed by atoms with van der Waals surface area (Å²) in [5, 5.41) is 0. The number of rotatable bonds is 3. The second-order valence-electron chi connectivity index (χ2n) is 5.29. The van der Waals surface area contributed by atoms with Gasteiger partial charge < -0.3 is 9.47 Å². The number of hydrogen-bond acceptors (Lipinski definition) is 3. The summed E-state index contributed by atoms with van der Waals surface area (Å²) in [7, 11) is 0. The number of ether oxygens (including phenoxy) is 2. The number of hydrogen-bond donors (Lipinski definition) is 0. The first-order chi connectivity index (χ1) is 7.55. The van der Waals surface area contributed by atoms with Gasteiger partial charge in [0.2, 0.25) is 0 Å². The monoisotopic (exact) mass is 224 g/mol. The standard InChI is InChI=1S/C13H20O3/c1-4-15-12(14)16-8-9-5-6-10-7-11(9)13(10,2)3/h5,10-11H,4,6-8H2,1-3H3. The van der Waals surface area contributed by atoms with Crippen LogP contribution in [0.1, 0.15) is 33.6 Å². The first-order valence-electron chi connectivity index (χ1n) is 6.04. The molecule has 0 aromatic carbocycles. The van der Waals surface area contributed by atoms with Crippen molar-refractivity contribution >= 4 is 6.16 Å². The Kier molecular flexibility index (Phi) is 2.96. The summed E-state index contributed by atoms with van der Waals surface area (Å²) in [6.07, 6.45) is 4.07. The Morgan fingerprint density at radius 1 is 1.50 bits per heavy atom. The van der Waals surface area contributed by atoms with Gasteiger partial charge in [-0.1, -0.05) is 19.9 Å². The molecule has 3 nitrogen and oxygen atoms in total. The minimum atomic E-state index is -0.553. The molecule has 0 aromatic heterocycles. The molecule has 3 rings (SSSR count). The van der Waals surface area contributed by atoms with Gasteiger partial charge in [0.15, 0.2) is 0 Å². The van der Waals surface area contributed by atoms with Crippen molar-refractivity contribution in [1.29, 1.82) is 0 Å². The van der Waals surface area contributed by atoms with E-state index in [-0.39, 0.29) is 0 Å². The van der Waals surface area contributed by atoms with E-state index in [4.69, 9.17) is 9.47 Å². The molecule has 0 heterocycles. The summed E-state index contributed by atoms with van der Waals surface area (Å²) in [4.78, 5) is 11.1. The lowest BCUT2D eigenvalue weighted by atomic mass is 9.49. The van der Waals surface area contributed by atoms with Crippen LogP contribution in [0.5, 0.6) is 0 Å². The molecule has 0 aliphatic heterocycles. The molecular weight excluding hydrogens is 204 g/mol. The third-order valence-electron chi connectivity index (χ3n) is 4.20. The fourth-order valence-corrected chi connectivity index (χ4v) is 2.94. The average molecular weight is 224 g/mol. The van der Waals surface area contributed by atoms with Crippen LogP contribution >= 0.6 is 0 Å². The zero-order valence-electron chi connectivity index (χ0n) is 10.3. The van der Waals surface area contributed by atoms with Gasteiger partial charge in [0.25, 0.3) is 0 Å². The fraction of sp³-hybridized carbons (Fsp3) is 0.769. The lowest BCUT2D eigenvalue weighted by Crippen LogP contribution is -2.48. The van der Waals surface area contributed by atoms with Crippen LogP contribution in [-0.2, 0) is 9.47 Å². The maximum absolute atomic E-state index is 11.1. The highest BCUT2D eigenvalue weighted by atomic mass is 16.7. The van der Waals surface area contributed by atoms with Gasteiger partial charge >= 0.3 is 6.16 Å². The molecule has 90 valence electrons. The van der Waals surface area contributed by atoms with Gasteiger partial charge in [0.05, 0.1) is 6.61 Å². The summed E-state index contributed by atoms with van der Waals surface area (Å²) in [6, 6.07) is 0. The van der Waals surface area contributed by atoms with Gasteiger partial charge in [-0.05, 0) is 42.6 Å². The molecule has 0 spiro atoms. The molecule has 1 saturated carbocycles. The fourth-order valence-electron chi connectivity index (χ4n) is 2.94. The van der Waals surface area contributed by atoms with Crippen LogP contribution in [0.25, 0.3) is 0 Å². The van der Waals surface area contributed by atoms with Crippen LogP contribution in [0.2, 0.25) is 0 Å². The highest BCUT2D eigenvalue weighted by Crippen LogP contribution is 2.59. The van der Waals surface area contributed by atoms with E-state index in [0.29, 0.717) is 24.5 Å². The number of allylic oxidation sites excluding steroid dienone is 1. The minimum Gasteiger partial charge on any atom is -0.435 e. The van der Waals surface area contributed by atoms with Gasteiger partial charge in [0, 0.05) is 0 Å². The van der Waals surface area contributed by atoms with Gasteiger partial charge in [0.1, 0.15) is 6.61 Å². The van der Waals surface area contributed by atoms with Gasteiger partial charge in [-0.15, -0.1) is 0 Å². The van der Waals surface area contributed by atoms with Gasteiger partial charge in [-0.25, -0.2) is 4.79 Å². The Morgan fingerprint density at radius 3 is 2.81 bits per heavy atom. The largest absolute Gasteiger partial charge is 0.508 e. The van der Waals surface area contributed by atoms with Gasteiger partial charge in [-0.3, -0.25) is 0 Å². The van der Waals surface area contributed by atoms with Crippen LogP contribution in [0.4, 0.5) is 4.79 Å². The smallest absolute Gasteiger partial charge is 0.435 e. The molecule has 3 aliphatic rings. The third kappa shape index (κ3) is 1.83. The van der Waals surface area contributed by atoms with Crippen molar-refractivity contribution in [2.45, 2.75) is 33.6 Å². The van der Waals surface area contributed by atoms with E-state index in [0.717, 1.165) is 12.3 Å². The van der Waals surface area contributed by atoms with E-state index in [9.17, 15) is 4.79 Å². The quantitative estimate of drug-likeness (QED) is 0.545. The Bertz CT molecular complexity index is 317. The number of carbonyl (C=O) groups excluding carboxylic acids is 1. The lowest BCUT2D eigenvalue weighted by molar-refractivity contribution is -0.0171. The first kappa shape index (κ1) is 11.5. The van der Waals surface area contributed by atoms with Crippen LogP contribution in [0.3, 0.4) is 0 Å². The van der Waals surface area contributed by atoms with Crippen LogP contribution in [0, 0.1) is 17.3 Å². The minimum absolute atomic E-state index is 0.370. The third-order valence-corrected chi connectivity index (χ3v) is 4.20. The molecule has 3 heteroatoms. The molecule has 2 unspecified atom stereocenters. The van der Waals surface area contributed by atoms with Crippen molar-refractivity contribution in [2.75, 3.05) is 13.2 Å². The molecule has 2 atom stereocenters. The maximum atomic E-state index is 11.1. The molecule has 0 saturated heterocycles. The second-order valence-corrected chi connectivity index (χ2v) is 5.29. The summed E-state index contributed by atoms with van der Waals surface area (Å²) >= 11 is 0. The Balaban J connectivity index is 1.87. The Labute approximate surface area is 96.8 Å². The Morgan fingerprint density at radius 2 is 2.25 bits per heavy atom. The van der Waals surface area contributed by atoms with Crippen molar-refractivity contribution in [3.8, 4) is 0 Å². The lowest BCUT2D eigenvalue weighted by Gasteiger charge is -2.56. The van der Waals surface area contributed by atoms with E-state index in [1.165, 1.54) is 12.0 Å². The SMILES string of the molecule is CCOC(=O)OCC1=CCC2CC1C2(C)C. The highest BCUT2D eigenvalue weighted by Gasteiger charge is 2.51. The predicted molar refractivity (Wildman–Crippen MR) is 61.1 cm³/mol. The molecule has 3 aliphatic carbocycles. The zero-order chi connectivity index (χ0) is 11.8. The summed E-state index contributed by atoms with van der Waals surface area (Å²) in [6.45, 7) is 7.17. The van der Waals surface area contributed by atoms with Crippen LogP contribution in [0.15, 0.2) is 11.6 Å². The zero-order valence-corrected chi connectivity index (χ0v) is 10.3. The second kappa shape index (κ2) is 4.11.